The van der Waals surface area contributed by atoms with Crippen LogP contribution in [0, 0.1) is 0 Å². The van der Waals surface area contributed by atoms with Gasteiger partial charge in [0.05, 0.1) is 5.69 Å². The first-order valence-electron chi connectivity index (χ1n) is 9.71. The first-order chi connectivity index (χ1) is 14.2. The molecule has 0 bridgehead atoms. The van der Waals surface area contributed by atoms with Crippen molar-refractivity contribution < 1.29 is 0 Å². The van der Waals surface area contributed by atoms with Gasteiger partial charge in [-0.25, -0.2) is 15.0 Å². The lowest BCUT2D eigenvalue weighted by atomic mass is 10.2. The molecule has 0 amide bonds. The highest BCUT2D eigenvalue weighted by Crippen LogP contribution is 2.24. The second-order valence-corrected chi connectivity index (χ2v) is 7.36. The summed E-state index contributed by atoms with van der Waals surface area (Å²) in [5, 5.41) is 3.86. The highest BCUT2D eigenvalue weighted by atomic mass is 35.5. The number of nitrogens with one attached hydrogen (secondary N) is 1. The second kappa shape index (κ2) is 9.17. The van der Waals surface area contributed by atoms with Crippen molar-refractivity contribution in [1.82, 2.24) is 19.9 Å². The van der Waals surface area contributed by atoms with E-state index in [1.165, 1.54) is 0 Å². The van der Waals surface area contributed by atoms with Crippen LogP contribution >= 0.6 is 11.6 Å². The topological polar surface area (TPSA) is 83.2 Å². The Kier molecular flexibility index (Phi) is 6.19. The second-order valence-electron chi connectivity index (χ2n) is 6.92. The van der Waals surface area contributed by atoms with Crippen molar-refractivity contribution >= 4 is 29.1 Å². The lowest BCUT2D eigenvalue weighted by molar-refractivity contribution is 0.264. The Morgan fingerprint density at radius 1 is 1.00 bits per heavy atom. The third-order valence-corrected chi connectivity index (χ3v) is 5.15. The number of anilines is 3. The van der Waals surface area contributed by atoms with E-state index in [1.807, 2.05) is 42.6 Å². The molecule has 2 aromatic heterocycles. The van der Waals surface area contributed by atoms with Crippen LogP contribution in [-0.2, 0) is 0 Å². The van der Waals surface area contributed by atoms with Gasteiger partial charge in [-0.2, -0.15) is 0 Å². The molecule has 1 fully saturated rings. The van der Waals surface area contributed by atoms with Crippen LogP contribution in [0.25, 0.3) is 11.3 Å². The van der Waals surface area contributed by atoms with Gasteiger partial charge >= 0.3 is 0 Å². The summed E-state index contributed by atoms with van der Waals surface area (Å²) in [6, 6.07) is 13.4. The first-order valence-corrected chi connectivity index (χ1v) is 10.1. The number of nitrogens with zero attached hydrogens (tertiary/aromatic N) is 5. The van der Waals surface area contributed by atoms with Gasteiger partial charge in [-0.3, -0.25) is 4.90 Å². The van der Waals surface area contributed by atoms with Crippen molar-refractivity contribution in [1.29, 1.82) is 0 Å². The average Bonchev–Trinajstić information content (AvgIpc) is 2.75. The Balaban J connectivity index is 1.50. The molecule has 0 radical (unpaired) electrons. The molecule has 3 heterocycles. The summed E-state index contributed by atoms with van der Waals surface area (Å²) in [7, 11) is 0. The molecular formula is C21H24ClN7. The smallest absolute Gasteiger partial charge is 0.227 e. The minimum absolute atomic E-state index is 0.526. The summed E-state index contributed by atoms with van der Waals surface area (Å²) >= 11 is 6.05. The third kappa shape index (κ3) is 5.00. The van der Waals surface area contributed by atoms with Crippen LogP contribution < -0.4 is 16.0 Å². The molecule has 0 unspecified atom stereocenters. The Morgan fingerprint density at radius 3 is 2.62 bits per heavy atom. The molecule has 1 saturated heterocycles. The van der Waals surface area contributed by atoms with Crippen LogP contribution in [0.1, 0.15) is 0 Å². The predicted octanol–water partition coefficient (Wildman–Crippen LogP) is 3.02. The molecule has 0 spiro atoms. The Labute approximate surface area is 175 Å². The van der Waals surface area contributed by atoms with E-state index in [2.05, 4.69) is 36.1 Å². The Hall–Kier alpha value is -2.74. The standard InChI is InChI=1S/C21H24ClN7/c22-17-2-1-3-18(15-17)26-21-25-8-5-19(27-21)16-4-7-24-20(14-16)29-12-10-28(9-6-23)11-13-29/h1-5,7-8,14-15H,6,9-13,23H2,(H,25,26,27). The molecule has 3 N–H and O–H groups in total. The van der Waals surface area contributed by atoms with E-state index < -0.39 is 0 Å². The van der Waals surface area contributed by atoms with Crippen LogP contribution in [0.3, 0.4) is 0 Å². The van der Waals surface area contributed by atoms with Gasteiger partial charge in [0.15, 0.2) is 0 Å². The van der Waals surface area contributed by atoms with Crippen LogP contribution in [0.5, 0.6) is 0 Å². The number of nitrogens with two attached hydrogens (primary N) is 1. The maximum absolute atomic E-state index is 6.05. The zero-order valence-electron chi connectivity index (χ0n) is 16.1. The fraction of sp³-hybridized carbons (Fsp3) is 0.286. The molecule has 0 atom stereocenters. The number of halogens is 1. The maximum Gasteiger partial charge on any atom is 0.227 e. The summed E-state index contributed by atoms with van der Waals surface area (Å²) in [6.07, 6.45) is 3.59. The van der Waals surface area contributed by atoms with E-state index in [4.69, 9.17) is 17.3 Å². The van der Waals surface area contributed by atoms with Crippen LogP contribution in [0.4, 0.5) is 17.5 Å². The van der Waals surface area contributed by atoms with Gasteiger partial charge in [-0.05, 0) is 36.4 Å². The number of piperazine rings is 1. The highest BCUT2D eigenvalue weighted by molar-refractivity contribution is 6.30. The zero-order valence-corrected chi connectivity index (χ0v) is 16.9. The van der Waals surface area contributed by atoms with Crippen LogP contribution in [0.15, 0.2) is 54.9 Å². The van der Waals surface area contributed by atoms with E-state index in [-0.39, 0.29) is 0 Å². The number of hydrogen-bond donors (Lipinski definition) is 2. The summed E-state index contributed by atoms with van der Waals surface area (Å²) in [6.45, 7) is 5.55. The molecule has 1 aliphatic heterocycles. The number of pyridine rings is 1. The third-order valence-electron chi connectivity index (χ3n) is 4.92. The Bertz CT molecular complexity index is 957. The average molecular weight is 410 g/mol. The fourth-order valence-corrected chi connectivity index (χ4v) is 3.60. The van der Waals surface area contributed by atoms with Crippen molar-refractivity contribution in [2.24, 2.45) is 5.73 Å². The summed E-state index contributed by atoms with van der Waals surface area (Å²) < 4.78 is 0. The van der Waals surface area contributed by atoms with Crippen LogP contribution in [-0.4, -0.2) is 59.1 Å². The summed E-state index contributed by atoms with van der Waals surface area (Å²) in [4.78, 5) is 18.2. The summed E-state index contributed by atoms with van der Waals surface area (Å²) in [5.41, 5.74) is 8.37. The van der Waals surface area contributed by atoms with Gasteiger partial charge in [0.1, 0.15) is 5.82 Å². The fourth-order valence-electron chi connectivity index (χ4n) is 3.41. The SMILES string of the molecule is NCCN1CCN(c2cc(-c3ccnc(Nc4cccc(Cl)c4)n3)ccn2)CC1. The minimum Gasteiger partial charge on any atom is -0.354 e. The van der Waals surface area contributed by atoms with E-state index in [1.54, 1.807) is 6.20 Å². The van der Waals surface area contributed by atoms with Crippen LogP contribution in [0.2, 0.25) is 5.02 Å². The van der Waals surface area contributed by atoms with E-state index in [9.17, 15) is 0 Å². The van der Waals surface area contributed by atoms with E-state index >= 15 is 0 Å². The molecule has 7 nitrogen and oxygen atoms in total. The van der Waals surface area contributed by atoms with Gasteiger partial charge in [0, 0.05) is 67.9 Å². The number of rotatable bonds is 6. The van der Waals surface area contributed by atoms with Crippen molar-refractivity contribution in [3.8, 4) is 11.3 Å². The molecule has 29 heavy (non-hydrogen) atoms. The number of benzene rings is 1. The van der Waals surface area contributed by atoms with Crippen molar-refractivity contribution in [3.63, 3.8) is 0 Å². The van der Waals surface area contributed by atoms with Crippen molar-refractivity contribution in [2.45, 2.75) is 0 Å². The largest absolute Gasteiger partial charge is 0.354 e. The van der Waals surface area contributed by atoms with Gasteiger partial charge in [0.2, 0.25) is 5.95 Å². The maximum atomic E-state index is 6.05. The van der Waals surface area contributed by atoms with Gasteiger partial charge in [-0.1, -0.05) is 17.7 Å². The Morgan fingerprint density at radius 2 is 1.83 bits per heavy atom. The molecule has 0 aliphatic carbocycles. The summed E-state index contributed by atoms with van der Waals surface area (Å²) in [5.74, 6) is 1.50. The molecule has 1 aliphatic rings. The van der Waals surface area contributed by atoms with Crippen molar-refractivity contribution in [3.05, 3.63) is 59.9 Å². The lowest BCUT2D eigenvalue weighted by Gasteiger charge is -2.35. The molecule has 3 aromatic rings. The van der Waals surface area contributed by atoms with Gasteiger partial charge < -0.3 is 16.0 Å². The monoisotopic (exact) mass is 409 g/mol. The highest BCUT2D eigenvalue weighted by Gasteiger charge is 2.18. The molecule has 150 valence electrons. The van der Waals surface area contributed by atoms with Gasteiger partial charge in [-0.15, -0.1) is 0 Å². The van der Waals surface area contributed by atoms with Gasteiger partial charge in [0.25, 0.3) is 0 Å². The zero-order chi connectivity index (χ0) is 20.1. The molecule has 0 saturated carbocycles. The van der Waals surface area contributed by atoms with E-state index in [0.29, 0.717) is 17.5 Å². The first kappa shape index (κ1) is 19.6. The lowest BCUT2D eigenvalue weighted by Crippen LogP contribution is -2.48. The molecule has 4 rings (SSSR count). The molecular weight excluding hydrogens is 386 g/mol. The quantitative estimate of drug-likeness (QED) is 0.647. The minimum atomic E-state index is 0.526. The van der Waals surface area contributed by atoms with Crippen molar-refractivity contribution in [2.75, 3.05) is 49.5 Å². The number of aromatic nitrogens is 3. The number of hydrogen-bond acceptors (Lipinski definition) is 7. The van der Waals surface area contributed by atoms with E-state index in [0.717, 1.165) is 55.5 Å². The molecule has 1 aromatic carbocycles. The normalized spacial score (nSPS) is 14.8. The predicted molar refractivity (Wildman–Crippen MR) is 118 cm³/mol. The molecule has 8 heteroatoms.